The normalized spacial score (nSPS) is 21.0. The number of hydrogen-bond donors (Lipinski definition) is 0. The molecule has 4 aliphatic rings. The highest BCUT2D eigenvalue weighted by molar-refractivity contribution is 6.11. The first-order valence-electron chi connectivity index (χ1n) is 9.94. The van der Waals surface area contributed by atoms with Gasteiger partial charge in [-0.25, -0.2) is 0 Å². The largest absolute Gasteiger partial charge is 0.294 e. The summed E-state index contributed by atoms with van der Waals surface area (Å²) in [4.78, 5) is 25.3. The standard InChI is InChI=1S/C26H22O2/c1-4-7-22(28)23-19-11-10-17(27)14-20(19)25-21(23)13-16-12-15-8-5-6-9-18(15)24(16)26(25,2)3/h5-6,8-14H,4,7H2,1-3H3. The van der Waals surface area contributed by atoms with Crippen LogP contribution < -0.4 is 10.4 Å². The Kier molecular flexibility index (Phi) is 3.51. The highest BCUT2D eigenvalue weighted by atomic mass is 16.1. The summed E-state index contributed by atoms with van der Waals surface area (Å²) in [5.74, 6) is 0.155. The molecule has 2 heteroatoms. The first kappa shape index (κ1) is 17.1. The van der Waals surface area contributed by atoms with Crippen LogP contribution in [0.25, 0.3) is 11.6 Å². The number of carbonyl (C=O) groups excluding carboxylic acids is 2. The zero-order valence-corrected chi connectivity index (χ0v) is 16.4. The summed E-state index contributed by atoms with van der Waals surface area (Å²) in [5.41, 5.74) is 6.93. The minimum Gasteiger partial charge on any atom is -0.294 e. The molecule has 1 aromatic carbocycles. The minimum atomic E-state index is -0.292. The van der Waals surface area contributed by atoms with Gasteiger partial charge in [-0.05, 0) is 80.7 Å². The summed E-state index contributed by atoms with van der Waals surface area (Å²) in [7, 11) is 0. The molecule has 0 fully saturated rings. The van der Waals surface area contributed by atoms with Crippen LogP contribution >= 0.6 is 0 Å². The fourth-order valence-electron chi connectivity index (χ4n) is 5.17. The van der Waals surface area contributed by atoms with Crippen LogP contribution in [0.5, 0.6) is 0 Å². The van der Waals surface area contributed by atoms with Gasteiger partial charge in [0.1, 0.15) is 0 Å². The average Bonchev–Trinajstić information content (AvgIpc) is 3.17. The molecule has 0 radical (unpaired) electrons. The van der Waals surface area contributed by atoms with Gasteiger partial charge in [0.25, 0.3) is 0 Å². The van der Waals surface area contributed by atoms with E-state index in [2.05, 4.69) is 50.3 Å². The summed E-state index contributed by atoms with van der Waals surface area (Å²) in [6.07, 6.45) is 10.9. The fourth-order valence-corrected chi connectivity index (χ4v) is 5.17. The monoisotopic (exact) mass is 366 g/mol. The molecule has 0 aromatic heterocycles. The summed E-state index contributed by atoms with van der Waals surface area (Å²) in [6.45, 7) is 6.46. The van der Waals surface area contributed by atoms with E-state index in [1.54, 1.807) is 12.2 Å². The zero-order chi connectivity index (χ0) is 19.6. The van der Waals surface area contributed by atoms with E-state index in [0.29, 0.717) is 6.42 Å². The Morgan fingerprint density at radius 3 is 2.54 bits per heavy atom. The van der Waals surface area contributed by atoms with Crippen LogP contribution in [-0.4, -0.2) is 11.6 Å². The van der Waals surface area contributed by atoms with Crippen LogP contribution in [0.2, 0.25) is 0 Å². The van der Waals surface area contributed by atoms with Gasteiger partial charge in [0.15, 0.2) is 11.6 Å². The molecule has 0 aliphatic heterocycles. The van der Waals surface area contributed by atoms with E-state index in [-0.39, 0.29) is 17.0 Å². The number of carbonyl (C=O) groups is 2. The Morgan fingerprint density at radius 1 is 0.964 bits per heavy atom. The molecular weight excluding hydrogens is 344 g/mol. The second-order valence-corrected chi connectivity index (χ2v) is 8.38. The highest BCUT2D eigenvalue weighted by Crippen LogP contribution is 2.56. The van der Waals surface area contributed by atoms with E-state index in [0.717, 1.165) is 34.3 Å². The Morgan fingerprint density at radius 2 is 1.75 bits per heavy atom. The molecule has 28 heavy (non-hydrogen) atoms. The van der Waals surface area contributed by atoms with Crippen molar-refractivity contribution in [3.63, 3.8) is 0 Å². The molecule has 138 valence electrons. The number of hydrogen-bond acceptors (Lipinski definition) is 2. The topological polar surface area (TPSA) is 34.1 Å². The number of allylic oxidation sites excluding steroid dienone is 10. The number of ketones is 2. The third-order valence-electron chi connectivity index (χ3n) is 6.20. The molecule has 4 aliphatic carbocycles. The van der Waals surface area contributed by atoms with Crippen molar-refractivity contribution < 1.29 is 9.59 Å². The van der Waals surface area contributed by atoms with Crippen LogP contribution in [0.1, 0.15) is 33.6 Å². The first-order valence-corrected chi connectivity index (χ1v) is 9.94. The fraction of sp³-hybridized carbons (Fsp3) is 0.231. The molecule has 0 N–H and O–H groups in total. The Balaban J connectivity index is 1.83. The molecular formula is C26H22O2. The summed E-state index contributed by atoms with van der Waals surface area (Å²) in [6, 6.07) is 8.44. The van der Waals surface area contributed by atoms with Gasteiger partial charge in [0.2, 0.25) is 0 Å². The van der Waals surface area contributed by atoms with Gasteiger partial charge >= 0.3 is 0 Å². The Labute approximate surface area is 164 Å². The van der Waals surface area contributed by atoms with Crippen molar-refractivity contribution in [3.05, 3.63) is 92.4 Å². The number of rotatable bonds is 3. The molecule has 2 nitrogen and oxygen atoms in total. The van der Waals surface area contributed by atoms with Crippen molar-refractivity contribution >= 4 is 23.2 Å². The van der Waals surface area contributed by atoms with Crippen molar-refractivity contribution in [1.29, 1.82) is 0 Å². The maximum absolute atomic E-state index is 13.1. The molecule has 0 unspecified atom stereocenters. The maximum atomic E-state index is 13.1. The molecule has 0 amide bonds. The van der Waals surface area contributed by atoms with Gasteiger partial charge in [-0.1, -0.05) is 45.0 Å². The summed E-state index contributed by atoms with van der Waals surface area (Å²) in [5, 5.41) is 2.47. The molecule has 1 aromatic rings. The van der Waals surface area contributed by atoms with Crippen LogP contribution in [0.3, 0.4) is 0 Å². The van der Waals surface area contributed by atoms with Gasteiger partial charge in [0.05, 0.1) is 0 Å². The quantitative estimate of drug-likeness (QED) is 0.818. The van der Waals surface area contributed by atoms with Gasteiger partial charge in [-0.2, -0.15) is 0 Å². The maximum Gasteiger partial charge on any atom is 0.179 e. The predicted molar refractivity (Wildman–Crippen MR) is 112 cm³/mol. The van der Waals surface area contributed by atoms with E-state index in [1.165, 1.54) is 21.6 Å². The average molecular weight is 366 g/mol. The Bertz CT molecular complexity index is 1250. The van der Waals surface area contributed by atoms with Crippen LogP contribution in [0.15, 0.2) is 82.0 Å². The van der Waals surface area contributed by atoms with Crippen LogP contribution in [0.4, 0.5) is 0 Å². The van der Waals surface area contributed by atoms with Gasteiger partial charge in [0, 0.05) is 17.4 Å². The number of Topliss-reactive ketones (excluding diaryl/α,β-unsaturated/α-hetero) is 1. The lowest BCUT2D eigenvalue weighted by molar-refractivity contribution is -0.115. The lowest BCUT2D eigenvalue weighted by Gasteiger charge is -2.35. The molecule has 0 spiro atoms. The van der Waals surface area contributed by atoms with Crippen molar-refractivity contribution in [2.24, 2.45) is 5.41 Å². The molecule has 5 rings (SSSR count). The van der Waals surface area contributed by atoms with Gasteiger partial charge in [-0.3, -0.25) is 9.59 Å². The van der Waals surface area contributed by atoms with Gasteiger partial charge < -0.3 is 0 Å². The number of fused-ring (bicyclic) bond motifs is 4. The minimum absolute atomic E-state index is 0.0104. The zero-order valence-electron chi connectivity index (χ0n) is 16.4. The van der Waals surface area contributed by atoms with Crippen molar-refractivity contribution in [2.45, 2.75) is 33.6 Å². The first-order chi connectivity index (χ1) is 13.4. The SMILES string of the molecule is CCCC(=O)C1=C2C=CC(=O)C=C2C2=C1C=C1C=c3ccccc3=C1C2(C)C. The molecule has 0 saturated carbocycles. The van der Waals surface area contributed by atoms with E-state index >= 15 is 0 Å². The smallest absolute Gasteiger partial charge is 0.179 e. The van der Waals surface area contributed by atoms with E-state index in [9.17, 15) is 9.59 Å². The Hall–Kier alpha value is -3.00. The van der Waals surface area contributed by atoms with Crippen LogP contribution in [0, 0.1) is 5.41 Å². The van der Waals surface area contributed by atoms with Crippen LogP contribution in [-0.2, 0) is 9.59 Å². The predicted octanol–water partition coefficient (Wildman–Crippen LogP) is 3.64. The molecule has 0 heterocycles. The molecule has 0 atom stereocenters. The molecule has 0 bridgehead atoms. The highest BCUT2D eigenvalue weighted by Gasteiger charge is 2.44. The summed E-state index contributed by atoms with van der Waals surface area (Å²) >= 11 is 0. The summed E-state index contributed by atoms with van der Waals surface area (Å²) < 4.78 is 0. The molecule has 0 saturated heterocycles. The third kappa shape index (κ3) is 2.15. The van der Waals surface area contributed by atoms with Crippen molar-refractivity contribution in [3.8, 4) is 0 Å². The van der Waals surface area contributed by atoms with Gasteiger partial charge in [-0.15, -0.1) is 0 Å². The second kappa shape index (κ2) is 5.75. The second-order valence-electron chi connectivity index (χ2n) is 8.38. The number of benzene rings is 1. The van der Waals surface area contributed by atoms with E-state index in [1.807, 2.05) is 13.0 Å². The van der Waals surface area contributed by atoms with Crippen molar-refractivity contribution in [1.82, 2.24) is 0 Å². The van der Waals surface area contributed by atoms with E-state index < -0.39 is 0 Å². The lowest BCUT2D eigenvalue weighted by Crippen LogP contribution is -2.30. The third-order valence-corrected chi connectivity index (χ3v) is 6.20. The van der Waals surface area contributed by atoms with E-state index in [4.69, 9.17) is 0 Å². The van der Waals surface area contributed by atoms with Crippen molar-refractivity contribution in [2.75, 3.05) is 0 Å². The lowest BCUT2D eigenvalue weighted by atomic mass is 9.67.